The number of hydrogen-bond acceptors (Lipinski definition) is 4. The van der Waals surface area contributed by atoms with Crippen molar-refractivity contribution in [3.63, 3.8) is 0 Å². The summed E-state index contributed by atoms with van der Waals surface area (Å²) in [6, 6.07) is 5.22. The van der Waals surface area contributed by atoms with Gasteiger partial charge in [0, 0.05) is 17.6 Å². The molecular formula is C18H21FN4OS. The van der Waals surface area contributed by atoms with Gasteiger partial charge in [0.2, 0.25) is 5.91 Å². The first-order valence-corrected chi connectivity index (χ1v) is 9.59. The molecule has 1 aromatic heterocycles. The summed E-state index contributed by atoms with van der Waals surface area (Å²) < 4.78 is 15.9. The molecule has 0 bridgehead atoms. The maximum absolute atomic E-state index is 13.6. The van der Waals surface area contributed by atoms with Crippen molar-refractivity contribution in [3.05, 3.63) is 35.4 Å². The molecule has 1 atom stereocenters. The van der Waals surface area contributed by atoms with Crippen LogP contribution in [0.1, 0.15) is 56.0 Å². The molecule has 4 rings (SSSR count). The van der Waals surface area contributed by atoms with E-state index in [1.165, 1.54) is 30.7 Å². The smallest absolute Gasteiger partial charge is 0.237 e. The fraction of sp³-hybridized carbons (Fsp3) is 0.500. The number of benzene rings is 1. The molecule has 0 saturated heterocycles. The molecule has 2 aliphatic carbocycles. The van der Waals surface area contributed by atoms with E-state index in [0.29, 0.717) is 23.2 Å². The molecule has 5 nitrogen and oxygen atoms in total. The highest BCUT2D eigenvalue weighted by Crippen LogP contribution is 2.46. The molecule has 2 aliphatic rings. The summed E-state index contributed by atoms with van der Waals surface area (Å²) in [6.07, 6.45) is 4.69. The van der Waals surface area contributed by atoms with Gasteiger partial charge in [0.05, 0.1) is 5.25 Å². The molecule has 1 amide bonds. The first kappa shape index (κ1) is 16.6. The van der Waals surface area contributed by atoms with Crippen molar-refractivity contribution in [2.24, 2.45) is 0 Å². The lowest BCUT2D eigenvalue weighted by Crippen LogP contribution is -2.23. The average Bonchev–Trinajstić information content (AvgIpc) is 3.50. The standard InChI is InChI=1S/C18H21FN4OS/c1-10-3-6-13(9-15(10)19)20-17(24)11(2)25-18-22-21-16(12-4-5-12)23(18)14-7-8-14/h3,6,9,11-12,14H,4-5,7-8H2,1-2H3,(H,20,24)/t11-/m1/s1. The van der Waals surface area contributed by atoms with Gasteiger partial charge in [0.25, 0.3) is 0 Å². The van der Waals surface area contributed by atoms with Crippen molar-refractivity contribution < 1.29 is 9.18 Å². The number of halogens is 1. The number of carbonyl (C=O) groups is 1. The second-order valence-corrected chi connectivity index (χ2v) is 8.24. The van der Waals surface area contributed by atoms with Crippen molar-refractivity contribution in [3.8, 4) is 0 Å². The van der Waals surface area contributed by atoms with Gasteiger partial charge in [-0.25, -0.2) is 4.39 Å². The Morgan fingerprint density at radius 1 is 1.32 bits per heavy atom. The van der Waals surface area contributed by atoms with Crippen LogP contribution >= 0.6 is 11.8 Å². The summed E-state index contributed by atoms with van der Waals surface area (Å²) >= 11 is 1.42. The number of aryl methyl sites for hydroxylation is 1. The number of aromatic nitrogens is 3. The van der Waals surface area contributed by atoms with Gasteiger partial charge in [-0.15, -0.1) is 10.2 Å². The van der Waals surface area contributed by atoms with Crippen LogP contribution in [0.3, 0.4) is 0 Å². The number of amides is 1. The summed E-state index contributed by atoms with van der Waals surface area (Å²) in [6.45, 7) is 3.54. The van der Waals surface area contributed by atoms with Gasteiger partial charge in [-0.3, -0.25) is 4.79 Å². The van der Waals surface area contributed by atoms with E-state index in [9.17, 15) is 9.18 Å². The zero-order valence-corrected chi connectivity index (χ0v) is 15.1. The number of carbonyl (C=O) groups excluding carboxylic acids is 1. The van der Waals surface area contributed by atoms with Crippen LogP contribution in [-0.2, 0) is 4.79 Å². The van der Waals surface area contributed by atoms with Gasteiger partial charge < -0.3 is 9.88 Å². The third-order valence-corrected chi connectivity index (χ3v) is 5.69. The third-order valence-electron chi connectivity index (χ3n) is 4.64. The molecule has 0 aliphatic heterocycles. The fourth-order valence-electron chi connectivity index (χ4n) is 2.79. The molecule has 2 saturated carbocycles. The van der Waals surface area contributed by atoms with E-state index in [1.54, 1.807) is 19.1 Å². The molecule has 0 spiro atoms. The molecule has 1 N–H and O–H groups in total. The van der Waals surface area contributed by atoms with Gasteiger partial charge >= 0.3 is 0 Å². The average molecular weight is 360 g/mol. The van der Waals surface area contributed by atoms with Gasteiger partial charge in [0.15, 0.2) is 5.16 Å². The van der Waals surface area contributed by atoms with Crippen LogP contribution in [0.5, 0.6) is 0 Å². The quantitative estimate of drug-likeness (QED) is 0.789. The van der Waals surface area contributed by atoms with Gasteiger partial charge in [-0.1, -0.05) is 17.8 Å². The minimum absolute atomic E-state index is 0.161. The predicted octanol–water partition coefficient (Wildman–Crippen LogP) is 4.06. The molecule has 2 aromatic rings. The molecule has 1 aromatic carbocycles. The number of hydrogen-bond donors (Lipinski definition) is 1. The molecular weight excluding hydrogens is 339 g/mol. The predicted molar refractivity (Wildman–Crippen MR) is 95.4 cm³/mol. The Bertz CT molecular complexity index is 813. The summed E-state index contributed by atoms with van der Waals surface area (Å²) in [5, 5.41) is 12.0. The first-order valence-electron chi connectivity index (χ1n) is 8.71. The van der Waals surface area contributed by atoms with Crippen LogP contribution in [0.2, 0.25) is 0 Å². The van der Waals surface area contributed by atoms with Crippen LogP contribution in [0.4, 0.5) is 10.1 Å². The highest BCUT2D eigenvalue weighted by Gasteiger charge is 2.37. The Balaban J connectivity index is 1.45. The van der Waals surface area contributed by atoms with Gasteiger partial charge in [-0.05, 0) is 57.2 Å². The molecule has 0 radical (unpaired) electrons. The SMILES string of the molecule is Cc1ccc(NC(=O)[C@@H](C)Sc2nnc(C3CC3)n2C2CC2)cc1F. The topological polar surface area (TPSA) is 59.8 Å². The number of nitrogens with one attached hydrogen (secondary N) is 1. The molecule has 1 heterocycles. The van der Waals surface area contributed by atoms with Crippen molar-refractivity contribution in [2.45, 2.75) is 61.9 Å². The van der Waals surface area contributed by atoms with Crippen LogP contribution in [-0.4, -0.2) is 25.9 Å². The van der Waals surface area contributed by atoms with Crippen molar-refractivity contribution >= 4 is 23.4 Å². The van der Waals surface area contributed by atoms with Crippen molar-refractivity contribution in [1.29, 1.82) is 0 Å². The maximum Gasteiger partial charge on any atom is 0.237 e. The Kier molecular flexibility index (Phi) is 4.27. The summed E-state index contributed by atoms with van der Waals surface area (Å²) in [5.41, 5.74) is 1.04. The second-order valence-electron chi connectivity index (χ2n) is 6.93. The van der Waals surface area contributed by atoms with E-state index in [4.69, 9.17) is 0 Å². The van der Waals surface area contributed by atoms with Crippen molar-refractivity contribution in [1.82, 2.24) is 14.8 Å². The summed E-state index contributed by atoms with van der Waals surface area (Å²) in [5.74, 6) is 1.15. The zero-order valence-electron chi connectivity index (χ0n) is 14.3. The van der Waals surface area contributed by atoms with E-state index < -0.39 is 0 Å². The van der Waals surface area contributed by atoms with Crippen LogP contribution in [0, 0.1) is 12.7 Å². The molecule has 0 unspecified atom stereocenters. The Hall–Kier alpha value is -1.89. The van der Waals surface area contributed by atoms with E-state index >= 15 is 0 Å². The Labute approximate surface area is 150 Å². The van der Waals surface area contributed by atoms with E-state index in [-0.39, 0.29) is 17.0 Å². The lowest BCUT2D eigenvalue weighted by Gasteiger charge is -2.13. The second kappa shape index (κ2) is 6.44. The third kappa shape index (κ3) is 3.56. The lowest BCUT2D eigenvalue weighted by atomic mass is 10.2. The molecule has 25 heavy (non-hydrogen) atoms. The molecule has 2 fully saturated rings. The highest BCUT2D eigenvalue weighted by molar-refractivity contribution is 8.00. The lowest BCUT2D eigenvalue weighted by molar-refractivity contribution is -0.115. The Morgan fingerprint density at radius 3 is 2.72 bits per heavy atom. The van der Waals surface area contributed by atoms with Crippen molar-refractivity contribution in [2.75, 3.05) is 5.32 Å². The normalized spacial score (nSPS) is 18.2. The minimum atomic E-state index is -0.335. The van der Waals surface area contributed by atoms with Gasteiger partial charge in [0.1, 0.15) is 11.6 Å². The number of thioether (sulfide) groups is 1. The van der Waals surface area contributed by atoms with Crippen LogP contribution in [0.15, 0.2) is 23.4 Å². The van der Waals surface area contributed by atoms with E-state index in [2.05, 4.69) is 20.1 Å². The summed E-state index contributed by atoms with van der Waals surface area (Å²) in [4.78, 5) is 12.5. The van der Waals surface area contributed by atoms with Gasteiger partial charge in [-0.2, -0.15) is 0 Å². The van der Waals surface area contributed by atoms with E-state index in [0.717, 1.165) is 23.8 Å². The van der Waals surface area contributed by atoms with Crippen LogP contribution in [0.25, 0.3) is 0 Å². The number of anilines is 1. The van der Waals surface area contributed by atoms with Crippen LogP contribution < -0.4 is 5.32 Å². The van der Waals surface area contributed by atoms with E-state index in [1.807, 2.05) is 6.92 Å². The number of rotatable bonds is 6. The first-order chi connectivity index (χ1) is 12.0. The highest BCUT2D eigenvalue weighted by atomic mass is 32.2. The summed E-state index contributed by atoms with van der Waals surface area (Å²) in [7, 11) is 0. The largest absolute Gasteiger partial charge is 0.325 e. The monoisotopic (exact) mass is 360 g/mol. The Morgan fingerprint density at radius 2 is 2.08 bits per heavy atom. The molecule has 7 heteroatoms. The fourth-order valence-corrected chi connectivity index (χ4v) is 3.72. The maximum atomic E-state index is 13.6. The molecule has 132 valence electrons. The minimum Gasteiger partial charge on any atom is -0.325 e. The number of nitrogens with zero attached hydrogens (tertiary/aromatic N) is 3. The zero-order chi connectivity index (χ0) is 17.6.